The Hall–Kier alpha value is -1.68. The minimum absolute atomic E-state index is 0.226. The molecular formula is C11H12FN3. The first-order valence-electron chi connectivity index (χ1n) is 4.74. The zero-order valence-electron chi connectivity index (χ0n) is 8.42. The largest absolute Gasteiger partial charge is 0.314 e. The van der Waals surface area contributed by atoms with Gasteiger partial charge in [0.1, 0.15) is 5.82 Å². The molecule has 0 atom stereocenters. The molecular weight excluding hydrogens is 193 g/mol. The Labute approximate surface area is 87.3 Å². The fourth-order valence-corrected chi connectivity index (χ4v) is 1.54. The van der Waals surface area contributed by atoms with E-state index in [1.165, 1.54) is 6.07 Å². The number of halogens is 1. The molecule has 0 bridgehead atoms. The normalized spacial score (nSPS) is 10.5. The molecule has 0 unspecified atom stereocenters. The molecule has 2 N–H and O–H groups in total. The number of H-pyrrole nitrogens is 1. The Morgan fingerprint density at radius 2 is 2.13 bits per heavy atom. The molecule has 0 fully saturated rings. The Bertz CT molecular complexity index is 451. The fraction of sp³-hybridized carbons (Fsp3) is 0.182. The van der Waals surface area contributed by atoms with Crippen LogP contribution in [0.2, 0.25) is 0 Å². The molecule has 0 spiro atoms. The van der Waals surface area contributed by atoms with Crippen molar-refractivity contribution >= 4 is 0 Å². The summed E-state index contributed by atoms with van der Waals surface area (Å²) in [6, 6.07) is 6.69. The lowest BCUT2D eigenvalue weighted by Gasteiger charge is -2.03. The standard InChI is InChI=1S/C11H12FN3/c1-13-7-11-9(6-14-15-11)8-4-2-3-5-10(8)12/h2-6,13H,7H2,1H3,(H,14,15). The summed E-state index contributed by atoms with van der Waals surface area (Å²) in [7, 11) is 1.84. The van der Waals surface area contributed by atoms with E-state index in [0.29, 0.717) is 12.1 Å². The summed E-state index contributed by atoms with van der Waals surface area (Å²) in [5.41, 5.74) is 2.28. The van der Waals surface area contributed by atoms with Gasteiger partial charge in [0.25, 0.3) is 0 Å². The van der Waals surface area contributed by atoms with Crippen LogP contribution in [-0.2, 0) is 6.54 Å². The van der Waals surface area contributed by atoms with Crippen molar-refractivity contribution in [2.45, 2.75) is 6.54 Å². The SMILES string of the molecule is CNCc1[nH]ncc1-c1ccccc1F. The van der Waals surface area contributed by atoms with Gasteiger partial charge in [0.05, 0.1) is 11.9 Å². The van der Waals surface area contributed by atoms with Crippen LogP contribution in [0.15, 0.2) is 30.5 Å². The molecule has 0 amide bonds. The van der Waals surface area contributed by atoms with E-state index < -0.39 is 0 Å². The van der Waals surface area contributed by atoms with Crippen molar-refractivity contribution in [3.63, 3.8) is 0 Å². The van der Waals surface area contributed by atoms with Gasteiger partial charge in [0.2, 0.25) is 0 Å². The van der Waals surface area contributed by atoms with Gasteiger partial charge < -0.3 is 5.32 Å². The second-order valence-corrected chi connectivity index (χ2v) is 3.27. The first-order chi connectivity index (χ1) is 7.33. The highest BCUT2D eigenvalue weighted by Crippen LogP contribution is 2.24. The van der Waals surface area contributed by atoms with Gasteiger partial charge in [-0.1, -0.05) is 18.2 Å². The van der Waals surface area contributed by atoms with Gasteiger partial charge in [-0.3, -0.25) is 5.10 Å². The van der Waals surface area contributed by atoms with Crippen LogP contribution in [-0.4, -0.2) is 17.2 Å². The lowest BCUT2D eigenvalue weighted by atomic mass is 10.1. The maximum Gasteiger partial charge on any atom is 0.131 e. The second-order valence-electron chi connectivity index (χ2n) is 3.27. The molecule has 0 aliphatic carbocycles. The molecule has 0 radical (unpaired) electrons. The third kappa shape index (κ3) is 1.89. The minimum Gasteiger partial charge on any atom is -0.314 e. The average molecular weight is 205 g/mol. The van der Waals surface area contributed by atoms with Crippen molar-refractivity contribution in [2.75, 3.05) is 7.05 Å². The predicted molar refractivity (Wildman–Crippen MR) is 56.7 cm³/mol. The van der Waals surface area contributed by atoms with Gasteiger partial charge in [-0.2, -0.15) is 5.10 Å². The monoisotopic (exact) mass is 205 g/mol. The molecule has 0 aliphatic heterocycles. The van der Waals surface area contributed by atoms with Crippen molar-refractivity contribution < 1.29 is 4.39 Å². The lowest BCUT2D eigenvalue weighted by Crippen LogP contribution is -2.06. The zero-order valence-corrected chi connectivity index (χ0v) is 8.42. The summed E-state index contributed by atoms with van der Waals surface area (Å²) < 4.78 is 13.5. The summed E-state index contributed by atoms with van der Waals surface area (Å²) in [5, 5.41) is 9.79. The average Bonchev–Trinajstić information content (AvgIpc) is 2.67. The molecule has 1 aromatic carbocycles. The molecule has 1 heterocycles. The quantitative estimate of drug-likeness (QED) is 0.803. The zero-order chi connectivity index (χ0) is 10.7. The fourth-order valence-electron chi connectivity index (χ4n) is 1.54. The van der Waals surface area contributed by atoms with E-state index >= 15 is 0 Å². The molecule has 0 saturated heterocycles. The van der Waals surface area contributed by atoms with Gasteiger partial charge in [-0.25, -0.2) is 4.39 Å². The number of aromatic nitrogens is 2. The van der Waals surface area contributed by atoms with Crippen LogP contribution in [0.4, 0.5) is 4.39 Å². The van der Waals surface area contributed by atoms with Crippen molar-refractivity contribution in [3.8, 4) is 11.1 Å². The number of aromatic amines is 1. The number of hydrogen-bond acceptors (Lipinski definition) is 2. The van der Waals surface area contributed by atoms with Gasteiger partial charge in [-0.15, -0.1) is 0 Å². The van der Waals surface area contributed by atoms with Gasteiger partial charge in [-0.05, 0) is 13.1 Å². The van der Waals surface area contributed by atoms with Crippen molar-refractivity contribution in [1.82, 2.24) is 15.5 Å². The van der Waals surface area contributed by atoms with Gasteiger partial charge >= 0.3 is 0 Å². The van der Waals surface area contributed by atoms with Gasteiger partial charge in [0.15, 0.2) is 0 Å². The number of hydrogen-bond donors (Lipinski definition) is 2. The van der Waals surface area contributed by atoms with E-state index in [0.717, 1.165) is 11.3 Å². The molecule has 0 saturated carbocycles. The van der Waals surface area contributed by atoms with Crippen LogP contribution >= 0.6 is 0 Å². The maximum absolute atomic E-state index is 13.5. The van der Waals surface area contributed by atoms with Crippen LogP contribution in [0.25, 0.3) is 11.1 Å². The summed E-state index contributed by atoms with van der Waals surface area (Å²) >= 11 is 0. The smallest absolute Gasteiger partial charge is 0.131 e. The highest BCUT2D eigenvalue weighted by Gasteiger charge is 2.10. The van der Waals surface area contributed by atoms with Crippen LogP contribution in [0.5, 0.6) is 0 Å². The van der Waals surface area contributed by atoms with E-state index in [2.05, 4.69) is 15.5 Å². The molecule has 2 rings (SSSR count). The van der Waals surface area contributed by atoms with Crippen molar-refractivity contribution in [1.29, 1.82) is 0 Å². The van der Waals surface area contributed by atoms with E-state index in [1.807, 2.05) is 13.1 Å². The highest BCUT2D eigenvalue weighted by atomic mass is 19.1. The number of benzene rings is 1. The Morgan fingerprint density at radius 3 is 2.87 bits per heavy atom. The number of rotatable bonds is 3. The molecule has 1 aromatic heterocycles. The Balaban J connectivity index is 2.45. The molecule has 15 heavy (non-hydrogen) atoms. The van der Waals surface area contributed by atoms with Crippen molar-refractivity contribution in [3.05, 3.63) is 42.0 Å². The summed E-state index contributed by atoms with van der Waals surface area (Å²) in [4.78, 5) is 0. The second kappa shape index (κ2) is 4.23. The van der Waals surface area contributed by atoms with Crippen LogP contribution in [0.3, 0.4) is 0 Å². The van der Waals surface area contributed by atoms with Crippen LogP contribution < -0.4 is 5.32 Å². The number of nitrogens with zero attached hydrogens (tertiary/aromatic N) is 1. The van der Waals surface area contributed by atoms with Crippen molar-refractivity contribution in [2.24, 2.45) is 0 Å². The molecule has 2 aromatic rings. The molecule has 78 valence electrons. The first-order valence-corrected chi connectivity index (χ1v) is 4.74. The maximum atomic E-state index is 13.5. The van der Waals surface area contributed by atoms with E-state index in [4.69, 9.17) is 0 Å². The lowest BCUT2D eigenvalue weighted by molar-refractivity contribution is 0.631. The topological polar surface area (TPSA) is 40.7 Å². The highest BCUT2D eigenvalue weighted by molar-refractivity contribution is 5.65. The minimum atomic E-state index is -0.226. The van der Waals surface area contributed by atoms with Crippen LogP contribution in [0, 0.1) is 5.82 Å². The first kappa shape index (κ1) is 9.86. The molecule has 4 heteroatoms. The summed E-state index contributed by atoms with van der Waals surface area (Å²) in [6.45, 7) is 0.643. The summed E-state index contributed by atoms with van der Waals surface area (Å²) in [6.07, 6.45) is 1.64. The molecule has 0 aliphatic rings. The third-order valence-corrected chi connectivity index (χ3v) is 2.24. The van der Waals surface area contributed by atoms with Gasteiger partial charge in [0, 0.05) is 17.7 Å². The van der Waals surface area contributed by atoms with E-state index in [9.17, 15) is 4.39 Å². The van der Waals surface area contributed by atoms with E-state index in [-0.39, 0.29) is 5.82 Å². The Kier molecular flexibility index (Phi) is 2.78. The van der Waals surface area contributed by atoms with Crippen LogP contribution in [0.1, 0.15) is 5.69 Å². The number of nitrogens with one attached hydrogen (secondary N) is 2. The molecule has 3 nitrogen and oxygen atoms in total. The summed E-state index contributed by atoms with van der Waals surface area (Å²) in [5.74, 6) is -0.226. The Morgan fingerprint density at radius 1 is 1.33 bits per heavy atom. The van der Waals surface area contributed by atoms with E-state index in [1.54, 1.807) is 18.3 Å². The predicted octanol–water partition coefficient (Wildman–Crippen LogP) is 1.94. The third-order valence-electron chi connectivity index (χ3n) is 2.24.